The molecule has 0 saturated heterocycles. The zero-order valence-electron chi connectivity index (χ0n) is 13.6. The molecular weight excluding hydrogens is 300 g/mol. The lowest BCUT2D eigenvalue weighted by Gasteiger charge is -2.27. The largest absolute Gasteiger partial charge is 0.378 e. The van der Waals surface area contributed by atoms with Gasteiger partial charge in [-0.25, -0.2) is 13.1 Å². The van der Waals surface area contributed by atoms with Crippen LogP contribution in [0.4, 0.5) is 5.69 Å². The molecule has 2 rings (SSSR count). The normalized spacial score (nSPS) is 15.2. The zero-order valence-corrected chi connectivity index (χ0v) is 14.4. The second kappa shape index (κ2) is 7.44. The van der Waals surface area contributed by atoms with E-state index >= 15 is 0 Å². The molecule has 0 aliphatic carbocycles. The number of aryl methyl sites for hydroxylation is 1. The van der Waals surface area contributed by atoms with Gasteiger partial charge >= 0.3 is 0 Å². The standard InChI is InChI=1S/C16H26N2O3S/c1-13(2)21-9-10-22(19,20)17-12-14-6-7-16-15(11-14)5-4-8-18(16)3/h6-7,11,13,17H,4-5,8-10,12H2,1-3H3. The first-order valence-corrected chi connectivity index (χ1v) is 9.44. The van der Waals surface area contributed by atoms with Gasteiger partial charge in [-0.15, -0.1) is 0 Å². The van der Waals surface area contributed by atoms with E-state index in [2.05, 4.69) is 28.8 Å². The number of hydrogen-bond donors (Lipinski definition) is 1. The second-order valence-corrected chi connectivity index (χ2v) is 7.97. The van der Waals surface area contributed by atoms with Gasteiger partial charge in [-0.3, -0.25) is 0 Å². The topological polar surface area (TPSA) is 58.6 Å². The number of nitrogens with one attached hydrogen (secondary N) is 1. The summed E-state index contributed by atoms with van der Waals surface area (Å²) in [7, 11) is -1.20. The number of nitrogens with zero attached hydrogens (tertiary/aromatic N) is 1. The third kappa shape index (κ3) is 4.97. The summed E-state index contributed by atoms with van der Waals surface area (Å²) in [6.07, 6.45) is 2.25. The van der Waals surface area contributed by atoms with Gasteiger partial charge in [0.25, 0.3) is 0 Å². The molecule has 1 aliphatic rings. The van der Waals surface area contributed by atoms with Gasteiger partial charge in [0.2, 0.25) is 10.0 Å². The van der Waals surface area contributed by atoms with Crippen LogP contribution in [-0.4, -0.2) is 40.5 Å². The Morgan fingerprint density at radius 2 is 2.14 bits per heavy atom. The predicted molar refractivity (Wildman–Crippen MR) is 89.7 cm³/mol. The van der Waals surface area contributed by atoms with Gasteiger partial charge < -0.3 is 9.64 Å². The van der Waals surface area contributed by atoms with E-state index in [0.717, 1.165) is 24.9 Å². The van der Waals surface area contributed by atoms with Gasteiger partial charge in [0.15, 0.2) is 0 Å². The highest BCUT2D eigenvalue weighted by molar-refractivity contribution is 7.89. The summed E-state index contributed by atoms with van der Waals surface area (Å²) in [6.45, 7) is 5.42. The summed E-state index contributed by atoms with van der Waals surface area (Å²) in [6, 6.07) is 6.19. The summed E-state index contributed by atoms with van der Waals surface area (Å²) < 4.78 is 31.8. The lowest BCUT2D eigenvalue weighted by molar-refractivity contribution is 0.0911. The van der Waals surface area contributed by atoms with E-state index in [0.29, 0.717) is 6.54 Å². The molecule has 0 bridgehead atoms. The minimum Gasteiger partial charge on any atom is -0.378 e. The first kappa shape index (κ1) is 17.2. The van der Waals surface area contributed by atoms with E-state index in [-0.39, 0.29) is 18.5 Å². The minimum atomic E-state index is -3.29. The third-order valence-electron chi connectivity index (χ3n) is 3.79. The molecule has 0 aromatic heterocycles. The molecule has 6 heteroatoms. The molecule has 1 aromatic carbocycles. The smallest absolute Gasteiger partial charge is 0.214 e. The number of ether oxygens (including phenoxy) is 1. The maximum atomic E-state index is 11.9. The molecule has 1 N–H and O–H groups in total. The molecule has 0 spiro atoms. The number of fused-ring (bicyclic) bond motifs is 1. The van der Waals surface area contributed by atoms with Crippen LogP contribution in [0.2, 0.25) is 0 Å². The molecular formula is C16H26N2O3S. The molecule has 0 fully saturated rings. The number of anilines is 1. The van der Waals surface area contributed by atoms with Crippen molar-refractivity contribution >= 4 is 15.7 Å². The molecule has 5 nitrogen and oxygen atoms in total. The Hall–Kier alpha value is -1.11. The summed E-state index contributed by atoms with van der Waals surface area (Å²) in [5, 5.41) is 0. The van der Waals surface area contributed by atoms with Crippen molar-refractivity contribution in [3.8, 4) is 0 Å². The van der Waals surface area contributed by atoms with Crippen molar-refractivity contribution in [3.63, 3.8) is 0 Å². The van der Waals surface area contributed by atoms with Crippen LogP contribution in [0.1, 0.15) is 31.4 Å². The van der Waals surface area contributed by atoms with E-state index in [4.69, 9.17) is 4.74 Å². The van der Waals surface area contributed by atoms with Gasteiger partial charge in [0.1, 0.15) is 0 Å². The first-order valence-electron chi connectivity index (χ1n) is 7.79. The average molecular weight is 326 g/mol. The molecule has 0 amide bonds. The number of hydrogen-bond acceptors (Lipinski definition) is 4. The maximum absolute atomic E-state index is 11.9. The van der Waals surface area contributed by atoms with Gasteiger partial charge in [-0.2, -0.15) is 0 Å². The SMILES string of the molecule is CC(C)OCCS(=O)(=O)NCc1ccc2c(c1)CCCN2C. The number of benzene rings is 1. The summed E-state index contributed by atoms with van der Waals surface area (Å²) in [5.74, 6) is -0.00113. The Kier molecular flexibility index (Phi) is 5.83. The van der Waals surface area contributed by atoms with Gasteiger partial charge in [-0.05, 0) is 43.9 Å². The van der Waals surface area contributed by atoms with E-state index in [1.807, 2.05) is 19.9 Å². The molecule has 0 unspecified atom stereocenters. The van der Waals surface area contributed by atoms with Crippen molar-refractivity contribution in [2.24, 2.45) is 0 Å². The van der Waals surface area contributed by atoms with Crippen LogP contribution < -0.4 is 9.62 Å². The fraction of sp³-hybridized carbons (Fsp3) is 0.625. The zero-order chi connectivity index (χ0) is 16.2. The maximum Gasteiger partial charge on any atom is 0.214 e. The highest BCUT2D eigenvalue weighted by Crippen LogP contribution is 2.26. The van der Waals surface area contributed by atoms with Crippen LogP contribution in [0.15, 0.2) is 18.2 Å². The van der Waals surface area contributed by atoms with Gasteiger partial charge in [0.05, 0.1) is 18.5 Å². The van der Waals surface area contributed by atoms with Crippen LogP contribution in [-0.2, 0) is 27.7 Å². The highest BCUT2D eigenvalue weighted by atomic mass is 32.2. The number of rotatable bonds is 7. The molecule has 1 aromatic rings. The lowest BCUT2D eigenvalue weighted by atomic mass is 10.00. The third-order valence-corrected chi connectivity index (χ3v) is 5.08. The van der Waals surface area contributed by atoms with Crippen molar-refractivity contribution in [2.75, 3.05) is 30.9 Å². The van der Waals surface area contributed by atoms with Crippen LogP contribution in [0.3, 0.4) is 0 Å². The second-order valence-electron chi connectivity index (χ2n) is 6.05. The van der Waals surface area contributed by atoms with Crippen LogP contribution >= 0.6 is 0 Å². The number of sulfonamides is 1. The van der Waals surface area contributed by atoms with E-state index in [1.54, 1.807) is 0 Å². The molecule has 1 aliphatic heterocycles. The van der Waals surface area contributed by atoms with Crippen LogP contribution in [0.25, 0.3) is 0 Å². The minimum absolute atomic E-state index is 0.00113. The first-order chi connectivity index (χ1) is 10.4. The van der Waals surface area contributed by atoms with E-state index in [9.17, 15) is 8.42 Å². The van der Waals surface area contributed by atoms with E-state index in [1.165, 1.54) is 11.3 Å². The Bertz CT molecular complexity index is 599. The monoisotopic (exact) mass is 326 g/mol. The summed E-state index contributed by atoms with van der Waals surface area (Å²) in [5.41, 5.74) is 3.55. The Labute approximate surface area is 133 Å². The lowest BCUT2D eigenvalue weighted by Crippen LogP contribution is -2.29. The van der Waals surface area contributed by atoms with Crippen molar-refractivity contribution in [3.05, 3.63) is 29.3 Å². The average Bonchev–Trinajstić information content (AvgIpc) is 2.45. The molecule has 0 atom stereocenters. The molecule has 22 heavy (non-hydrogen) atoms. The highest BCUT2D eigenvalue weighted by Gasteiger charge is 2.15. The summed E-state index contributed by atoms with van der Waals surface area (Å²) >= 11 is 0. The molecule has 0 radical (unpaired) electrons. The van der Waals surface area contributed by atoms with Crippen LogP contribution in [0.5, 0.6) is 0 Å². The van der Waals surface area contributed by atoms with Crippen molar-refractivity contribution < 1.29 is 13.2 Å². The predicted octanol–water partition coefficient (Wildman–Crippen LogP) is 1.91. The molecule has 0 saturated carbocycles. The van der Waals surface area contributed by atoms with Crippen molar-refractivity contribution in [2.45, 2.75) is 39.3 Å². The fourth-order valence-electron chi connectivity index (χ4n) is 2.61. The quantitative estimate of drug-likeness (QED) is 0.831. The Balaban J connectivity index is 1.91. The van der Waals surface area contributed by atoms with Gasteiger partial charge in [-0.1, -0.05) is 12.1 Å². The Morgan fingerprint density at radius 1 is 1.36 bits per heavy atom. The van der Waals surface area contributed by atoms with Gasteiger partial charge in [0, 0.05) is 25.8 Å². The van der Waals surface area contributed by atoms with Crippen LogP contribution in [0, 0.1) is 0 Å². The Morgan fingerprint density at radius 3 is 2.86 bits per heavy atom. The summed E-state index contributed by atoms with van der Waals surface area (Å²) in [4.78, 5) is 2.25. The van der Waals surface area contributed by atoms with E-state index < -0.39 is 10.0 Å². The van der Waals surface area contributed by atoms with Crippen molar-refractivity contribution in [1.29, 1.82) is 0 Å². The van der Waals surface area contributed by atoms with Crippen molar-refractivity contribution in [1.82, 2.24) is 4.72 Å². The fourth-order valence-corrected chi connectivity index (χ4v) is 3.45. The molecule has 1 heterocycles. The molecule has 124 valence electrons.